The molecule has 90 valence electrons. The molecule has 5 heteroatoms. The number of carbonyl (C=O) groups is 1. The minimum atomic E-state index is -1.05. The van der Waals surface area contributed by atoms with Gasteiger partial charge in [-0.2, -0.15) is 5.26 Å². The molecule has 1 aromatic heterocycles. The van der Waals surface area contributed by atoms with Crippen LogP contribution < -0.4 is 0 Å². The Balaban J connectivity index is 2.52. The van der Waals surface area contributed by atoms with E-state index in [1.165, 1.54) is 0 Å². The lowest BCUT2D eigenvalue weighted by Gasteiger charge is -2.06. The zero-order valence-electron chi connectivity index (χ0n) is 9.63. The van der Waals surface area contributed by atoms with Gasteiger partial charge in [0.05, 0.1) is 30.1 Å². The molecule has 0 atom stereocenters. The van der Waals surface area contributed by atoms with Gasteiger partial charge in [0.25, 0.3) is 0 Å². The first-order valence-corrected chi connectivity index (χ1v) is 5.35. The third kappa shape index (κ3) is 2.09. The average molecular weight is 241 g/mol. The summed E-state index contributed by atoms with van der Waals surface area (Å²) in [5.74, 6) is -0.489. The number of aromatic nitrogens is 2. The van der Waals surface area contributed by atoms with Gasteiger partial charge in [-0.25, -0.2) is 9.78 Å². The Morgan fingerprint density at radius 1 is 1.50 bits per heavy atom. The maximum absolute atomic E-state index is 10.8. The lowest BCUT2D eigenvalue weighted by molar-refractivity contribution is -0.132. The van der Waals surface area contributed by atoms with Crippen LogP contribution in [-0.4, -0.2) is 20.6 Å². The van der Waals surface area contributed by atoms with E-state index in [1.54, 1.807) is 4.57 Å². The highest BCUT2D eigenvalue weighted by atomic mass is 16.4. The largest absolute Gasteiger partial charge is 0.478 e. The van der Waals surface area contributed by atoms with Crippen molar-refractivity contribution in [2.45, 2.75) is 13.0 Å². The highest BCUT2D eigenvalue weighted by molar-refractivity contribution is 5.86. The van der Waals surface area contributed by atoms with Gasteiger partial charge in [-0.1, -0.05) is 18.7 Å². The molecule has 18 heavy (non-hydrogen) atoms. The van der Waals surface area contributed by atoms with Crippen LogP contribution in [0.4, 0.5) is 0 Å². The number of imidazole rings is 1. The zero-order valence-corrected chi connectivity index (χ0v) is 9.63. The zero-order chi connectivity index (χ0) is 13.1. The molecule has 2 aromatic rings. The molecule has 0 spiro atoms. The molecule has 0 aliphatic carbocycles. The van der Waals surface area contributed by atoms with Crippen molar-refractivity contribution in [3.05, 3.63) is 42.2 Å². The van der Waals surface area contributed by atoms with E-state index in [2.05, 4.69) is 11.6 Å². The van der Waals surface area contributed by atoms with Crippen LogP contribution in [0, 0.1) is 11.3 Å². The van der Waals surface area contributed by atoms with E-state index >= 15 is 0 Å². The number of benzene rings is 1. The molecular weight excluding hydrogens is 230 g/mol. The number of fused-ring (bicyclic) bond motifs is 1. The van der Waals surface area contributed by atoms with E-state index in [0.29, 0.717) is 5.82 Å². The lowest BCUT2D eigenvalue weighted by atomic mass is 10.2. The number of nitrogens with zero attached hydrogens (tertiary/aromatic N) is 3. The molecule has 0 bridgehead atoms. The van der Waals surface area contributed by atoms with Crippen LogP contribution in [-0.2, 0) is 17.8 Å². The van der Waals surface area contributed by atoms with Crippen molar-refractivity contribution in [3.63, 3.8) is 0 Å². The van der Waals surface area contributed by atoms with Gasteiger partial charge < -0.3 is 9.67 Å². The van der Waals surface area contributed by atoms with Crippen LogP contribution in [0.25, 0.3) is 11.0 Å². The van der Waals surface area contributed by atoms with E-state index in [-0.39, 0.29) is 18.5 Å². The van der Waals surface area contributed by atoms with Crippen LogP contribution in [0.15, 0.2) is 36.4 Å². The van der Waals surface area contributed by atoms with Crippen molar-refractivity contribution in [3.8, 4) is 6.07 Å². The Hall–Kier alpha value is -2.61. The van der Waals surface area contributed by atoms with Crippen molar-refractivity contribution in [2.75, 3.05) is 0 Å². The first kappa shape index (κ1) is 11.9. The lowest BCUT2D eigenvalue weighted by Crippen LogP contribution is -2.10. The van der Waals surface area contributed by atoms with Crippen molar-refractivity contribution in [2.24, 2.45) is 0 Å². The number of aliphatic carboxylic acids is 1. The second kappa shape index (κ2) is 4.72. The fourth-order valence-corrected chi connectivity index (χ4v) is 1.77. The van der Waals surface area contributed by atoms with Crippen LogP contribution >= 0.6 is 0 Å². The molecule has 1 N–H and O–H groups in total. The summed E-state index contributed by atoms with van der Waals surface area (Å²) in [7, 11) is 0. The molecule has 0 radical (unpaired) electrons. The predicted octanol–water partition coefficient (Wildman–Crippen LogP) is 1.74. The van der Waals surface area contributed by atoms with E-state index in [0.717, 1.165) is 11.0 Å². The number of rotatable bonds is 4. The number of carboxylic acids is 1. The highest BCUT2D eigenvalue weighted by Gasteiger charge is 2.13. The highest BCUT2D eigenvalue weighted by Crippen LogP contribution is 2.17. The predicted molar refractivity (Wildman–Crippen MR) is 65.8 cm³/mol. The van der Waals surface area contributed by atoms with Gasteiger partial charge in [0.2, 0.25) is 0 Å². The summed E-state index contributed by atoms with van der Waals surface area (Å²) in [5.41, 5.74) is 1.63. The number of carboxylic acid groups (broad SMARTS) is 1. The van der Waals surface area contributed by atoms with Crippen molar-refractivity contribution in [1.29, 1.82) is 5.26 Å². The molecule has 0 fully saturated rings. The normalized spacial score (nSPS) is 10.2. The second-order valence-electron chi connectivity index (χ2n) is 3.85. The van der Waals surface area contributed by atoms with Crippen LogP contribution in [0.3, 0.4) is 0 Å². The van der Waals surface area contributed by atoms with Crippen LogP contribution in [0.1, 0.15) is 5.82 Å². The Morgan fingerprint density at radius 2 is 2.22 bits per heavy atom. The van der Waals surface area contributed by atoms with Crippen LogP contribution in [0.2, 0.25) is 0 Å². The fraction of sp³-hybridized carbons (Fsp3) is 0.154. The summed E-state index contributed by atoms with van der Waals surface area (Å²) in [4.78, 5) is 15.2. The molecule has 0 saturated carbocycles. The topological polar surface area (TPSA) is 78.9 Å². The van der Waals surface area contributed by atoms with Gasteiger partial charge in [0.15, 0.2) is 0 Å². The summed E-state index contributed by atoms with van der Waals surface area (Å²) < 4.78 is 1.72. The second-order valence-corrected chi connectivity index (χ2v) is 3.85. The number of nitriles is 1. The molecular formula is C13H11N3O2. The number of hydrogen-bond acceptors (Lipinski definition) is 3. The van der Waals surface area contributed by atoms with E-state index in [4.69, 9.17) is 10.4 Å². The Morgan fingerprint density at radius 3 is 2.89 bits per heavy atom. The Labute approximate surface area is 104 Å². The summed E-state index contributed by atoms with van der Waals surface area (Å²) in [5, 5.41) is 17.6. The van der Waals surface area contributed by atoms with Gasteiger partial charge in [-0.3, -0.25) is 0 Å². The number of hydrogen-bond donors (Lipinski definition) is 1. The molecule has 1 aromatic carbocycles. The molecule has 0 saturated heterocycles. The van der Waals surface area contributed by atoms with E-state index < -0.39 is 5.97 Å². The summed E-state index contributed by atoms with van der Waals surface area (Å²) in [6.45, 7) is 3.64. The Kier molecular flexibility index (Phi) is 3.11. The first-order chi connectivity index (χ1) is 8.63. The monoisotopic (exact) mass is 241 g/mol. The summed E-state index contributed by atoms with van der Waals surface area (Å²) in [6, 6.07) is 9.40. The first-order valence-electron chi connectivity index (χ1n) is 5.35. The van der Waals surface area contributed by atoms with Crippen molar-refractivity contribution < 1.29 is 9.90 Å². The fourth-order valence-electron chi connectivity index (χ4n) is 1.77. The summed E-state index contributed by atoms with van der Waals surface area (Å²) in [6.07, 6.45) is 0.140. The van der Waals surface area contributed by atoms with Gasteiger partial charge in [0, 0.05) is 5.57 Å². The molecule has 2 rings (SSSR count). The van der Waals surface area contributed by atoms with E-state index in [1.807, 2.05) is 30.3 Å². The SMILES string of the molecule is C=C(Cn1c(CC#N)nc2ccccc21)C(=O)O. The van der Waals surface area contributed by atoms with E-state index in [9.17, 15) is 4.79 Å². The number of para-hydroxylation sites is 2. The molecule has 0 unspecified atom stereocenters. The van der Waals surface area contributed by atoms with Crippen LogP contribution in [0.5, 0.6) is 0 Å². The van der Waals surface area contributed by atoms with Crippen molar-refractivity contribution >= 4 is 17.0 Å². The molecule has 0 amide bonds. The minimum absolute atomic E-state index is 0.0670. The average Bonchev–Trinajstić information content (AvgIpc) is 2.68. The minimum Gasteiger partial charge on any atom is -0.478 e. The van der Waals surface area contributed by atoms with Gasteiger partial charge >= 0.3 is 5.97 Å². The third-order valence-corrected chi connectivity index (χ3v) is 2.62. The van der Waals surface area contributed by atoms with Gasteiger partial charge in [0.1, 0.15) is 5.82 Å². The maximum atomic E-state index is 10.8. The quantitative estimate of drug-likeness (QED) is 0.827. The summed E-state index contributed by atoms with van der Waals surface area (Å²) >= 11 is 0. The van der Waals surface area contributed by atoms with Gasteiger partial charge in [-0.15, -0.1) is 0 Å². The third-order valence-electron chi connectivity index (χ3n) is 2.62. The van der Waals surface area contributed by atoms with Gasteiger partial charge in [-0.05, 0) is 12.1 Å². The Bertz CT molecular complexity index is 664. The molecule has 5 nitrogen and oxygen atoms in total. The molecule has 0 aliphatic heterocycles. The van der Waals surface area contributed by atoms with Crippen molar-refractivity contribution in [1.82, 2.24) is 9.55 Å². The maximum Gasteiger partial charge on any atom is 0.332 e. The smallest absolute Gasteiger partial charge is 0.332 e. The molecule has 1 heterocycles. The standard InChI is InChI=1S/C13H11N3O2/c1-9(13(17)18)8-16-11-5-3-2-4-10(11)15-12(16)6-7-14/h2-5H,1,6,8H2,(H,17,18). The molecule has 0 aliphatic rings.